The van der Waals surface area contributed by atoms with Crippen LogP contribution in [-0.2, 0) is 16.0 Å². The van der Waals surface area contributed by atoms with Crippen molar-refractivity contribution in [2.75, 3.05) is 0 Å². The lowest BCUT2D eigenvalue weighted by Crippen LogP contribution is -2.52. The Morgan fingerprint density at radius 2 is 1.71 bits per heavy atom. The van der Waals surface area contributed by atoms with E-state index in [1.807, 2.05) is 0 Å². The number of nitrogens with two attached hydrogens (primary N) is 1. The zero-order valence-electron chi connectivity index (χ0n) is 11.0. The molecule has 1 aliphatic rings. The van der Waals surface area contributed by atoms with Crippen molar-refractivity contribution in [3.05, 3.63) is 35.4 Å². The molecule has 3 atom stereocenters. The molecule has 0 aromatic heterocycles. The second-order valence-electron chi connectivity index (χ2n) is 5.31. The third-order valence-electron chi connectivity index (χ3n) is 3.86. The number of carboxylic acids is 3. The molecule has 0 radical (unpaired) electrons. The first-order chi connectivity index (χ1) is 9.75. The molecule has 0 aliphatic heterocycles. The molecule has 2 rings (SSSR count). The molecule has 0 bridgehead atoms. The van der Waals surface area contributed by atoms with Gasteiger partial charge in [0.15, 0.2) is 0 Å². The van der Waals surface area contributed by atoms with E-state index in [0.29, 0.717) is 5.56 Å². The Bertz CT molecular complexity index is 596. The summed E-state index contributed by atoms with van der Waals surface area (Å²) in [6.45, 7) is 0. The van der Waals surface area contributed by atoms with Crippen LogP contribution in [0.15, 0.2) is 24.3 Å². The highest BCUT2D eigenvalue weighted by molar-refractivity contribution is 5.87. The van der Waals surface area contributed by atoms with Gasteiger partial charge in [-0.25, -0.2) is 4.79 Å². The van der Waals surface area contributed by atoms with E-state index in [-0.39, 0.29) is 18.4 Å². The third-order valence-corrected chi connectivity index (χ3v) is 3.86. The van der Waals surface area contributed by atoms with Crippen LogP contribution in [0.1, 0.15) is 22.3 Å². The molecule has 0 heterocycles. The molecule has 5 N–H and O–H groups in total. The zero-order valence-corrected chi connectivity index (χ0v) is 11.0. The number of aromatic carboxylic acids is 1. The topological polar surface area (TPSA) is 138 Å². The van der Waals surface area contributed by atoms with Gasteiger partial charge in [-0.2, -0.15) is 0 Å². The van der Waals surface area contributed by atoms with Gasteiger partial charge in [-0.05, 0) is 24.1 Å². The molecule has 1 aliphatic carbocycles. The highest BCUT2D eigenvalue weighted by Crippen LogP contribution is 2.47. The van der Waals surface area contributed by atoms with Gasteiger partial charge in [0.05, 0.1) is 11.5 Å². The van der Waals surface area contributed by atoms with Gasteiger partial charge < -0.3 is 21.1 Å². The first kappa shape index (κ1) is 15.0. The van der Waals surface area contributed by atoms with Crippen LogP contribution in [0.3, 0.4) is 0 Å². The smallest absolute Gasteiger partial charge is 0.335 e. The maximum absolute atomic E-state index is 11.4. The molecule has 7 heteroatoms. The summed E-state index contributed by atoms with van der Waals surface area (Å²) in [5.74, 6) is -4.72. The highest BCUT2D eigenvalue weighted by Gasteiger charge is 2.58. The molecule has 21 heavy (non-hydrogen) atoms. The quantitative estimate of drug-likeness (QED) is 0.596. The standard InChI is InChI=1S/C14H15NO6/c15-14(13(20)21,10-5-9(10)12(18)19)6-7-1-3-8(4-2-7)11(16)17/h1-4,9-10H,5-6,15H2,(H,16,17)(H,18,19)(H,20,21). The summed E-state index contributed by atoms with van der Waals surface area (Å²) in [5, 5.41) is 27.1. The molecule has 0 spiro atoms. The Balaban J connectivity index is 2.19. The summed E-state index contributed by atoms with van der Waals surface area (Å²) in [5.41, 5.74) is 4.91. The predicted octanol–water partition coefficient (Wildman–Crippen LogP) is 0.430. The van der Waals surface area contributed by atoms with Crippen LogP contribution < -0.4 is 5.73 Å². The van der Waals surface area contributed by atoms with Crippen LogP contribution in [0.2, 0.25) is 0 Å². The summed E-state index contributed by atoms with van der Waals surface area (Å²) < 4.78 is 0. The lowest BCUT2D eigenvalue weighted by molar-refractivity contribution is -0.145. The van der Waals surface area contributed by atoms with E-state index in [4.69, 9.17) is 15.9 Å². The van der Waals surface area contributed by atoms with Gasteiger partial charge in [-0.15, -0.1) is 0 Å². The molecular weight excluding hydrogens is 278 g/mol. The number of benzene rings is 1. The average molecular weight is 293 g/mol. The van der Waals surface area contributed by atoms with Crippen molar-refractivity contribution in [2.24, 2.45) is 17.6 Å². The third kappa shape index (κ3) is 2.87. The predicted molar refractivity (Wildman–Crippen MR) is 70.9 cm³/mol. The maximum Gasteiger partial charge on any atom is 0.335 e. The van der Waals surface area contributed by atoms with Crippen molar-refractivity contribution >= 4 is 17.9 Å². The lowest BCUT2D eigenvalue weighted by Gasteiger charge is -2.25. The fraction of sp³-hybridized carbons (Fsp3) is 0.357. The average Bonchev–Trinajstić information content (AvgIpc) is 3.19. The molecule has 0 amide bonds. The van der Waals surface area contributed by atoms with Gasteiger partial charge in [0.2, 0.25) is 0 Å². The molecule has 1 saturated carbocycles. The Hall–Kier alpha value is -2.41. The van der Waals surface area contributed by atoms with E-state index in [1.165, 1.54) is 24.3 Å². The summed E-state index contributed by atoms with van der Waals surface area (Å²) >= 11 is 0. The lowest BCUT2D eigenvalue weighted by atomic mass is 9.85. The summed E-state index contributed by atoms with van der Waals surface area (Å²) in [6.07, 6.45) is 0.196. The van der Waals surface area contributed by atoms with E-state index < -0.39 is 35.3 Å². The summed E-state index contributed by atoms with van der Waals surface area (Å²) in [7, 11) is 0. The fourth-order valence-electron chi connectivity index (χ4n) is 2.51. The number of hydrogen-bond acceptors (Lipinski definition) is 4. The highest BCUT2D eigenvalue weighted by atomic mass is 16.4. The van der Waals surface area contributed by atoms with Crippen molar-refractivity contribution in [3.8, 4) is 0 Å². The van der Waals surface area contributed by atoms with E-state index in [2.05, 4.69) is 0 Å². The van der Waals surface area contributed by atoms with Gasteiger partial charge >= 0.3 is 17.9 Å². The molecule has 1 aromatic carbocycles. The Morgan fingerprint density at radius 3 is 2.10 bits per heavy atom. The molecular formula is C14H15NO6. The minimum Gasteiger partial charge on any atom is -0.481 e. The van der Waals surface area contributed by atoms with Gasteiger partial charge in [0.1, 0.15) is 5.54 Å². The normalized spacial score (nSPS) is 23.1. The van der Waals surface area contributed by atoms with Crippen LogP contribution >= 0.6 is 0 Å². The van der Waals surface area contributed by atoms with Crippen molar-refractivity contribution in [2.45, 2.75) is 18.4 Å². The SMILES string of the molecule is NC(Cc1ccc(C(=O)O)cc1)(C(=O)O)C1CC1C(=O)O. The number of aliphatic carboxylic acids is 2. The Morgan fingerprint density at radius 1 is 1.14 bits per heavy atom. The number of rotatable bonds is 6. The minimum atomic E-state index is -1.66. The molecule has 0 saturated heterocycles. The molecule has 1 aromatic rings. The van der Waals surface area contributed by atoms with Crippen LogP contribution in [0.4, 0.5) is 0 Å². The van der Waals surface area contributed by atoms with Crippen LogP contribution in [0, 0.1) is 11.8 Å². The summed E-state index contributed by atoms with van der Waals surface area (Å²) in [4.78, 5) is 33.1. The van der Waals surface area contributed by atoms with Crippen molar-refractivity contribution in [3.63, 3.8) is 0 Å². The Labute approximate surface area is 120 Å². The van der Waals surface area contributed by atoms with Gasteiger partial charge in [0.25, 0.3) is 0 Å². The maximum atomic E-state index is 11.4. The van der Waals surface area contributed by atoms with E-state index in [9.17, 15) is 19.5 Å². The molecule has 112 valence electrons. The largest absolute Gasteiger partial charge is 0.481 e. The second-order valence-corrected chi connectivity index (χ2v) is 5.31. The number of hydrogen-bond donors (Lipinski definition) is 4. The van der Waals surface area contributed by atoms with E-state index in [0.717, 1.165) is 0 Å². The van der Waals surface area contributed by atoms with Gasteiger partial charge in [-0.3, -0.25) is 9.59 Å². The van der Waals surface area contributed by atoms with E-state index in [1.54, 1.807) is 0 Å². The number of carboxylic acid groups (broad SMARTS) is 3. The van der Waals surface area contributed by atoms with Crippen LogP contribution in [0.5, 0.6) is 0 Å². The molecule has 7 nitrogen and oxygen atoms in total. The summed E-state index contributed by atoms with van der Waals surface area (Å²) in [6, 6.07) is 5.71. The van der Waals surface area contributed by atoms with Gasteiger partial charge in [-0.1, -0.05) is 12.1 Å². The van der Waals surface area contributed by atoms with Crippen molar-refractivity contribution in [1.82, 2.24) is 0 Å². The molecule has 3 unspecified atom stereocenters. The molecule has 1 fully saturated rings. The monoisotopic (exact) mass is 293 g/mol. The van der Waals surface area contributed by atoms with Gasteiger partial charge in [0, 0.05) is 12.3 Å². The van der Waals surface area contributed by atoms with E-state index >= 15 is 0 Å². The first-order valence-corrected chi connectivity index (χ1v) is 6.33. The van der Waals surface area contributed by atoms with Crippen molar-refractivity contribution < 1.29 is 29.7 Å². The Kier molecular flexibility index (Phi) is 3.69. The minimum absolute atomic E-state index is 0.0450. The fourth-order valence-corrected chi connectivity index (χ4v) is 2.51. The number of carbonyl (C=O) groups is 3. The second kappa shape index (κ2) is 5.17. The van der Waals surface area contributed by atoms with Crippen LogP contribution in [0.25, 0.3) is 0 Å². The van der Waals surface area contributed by atoms with Crippen LogP contribution in [-0.4, -0.2) is 38.8 Å². The zero-order chi connectivity index (χ0) is 15.8. The van der Waals surface area contributed by atoms with Crippen molar-refractivity contribution in [1.29, 1.82) is 0 Å². The first-order valence-electron chi connectivity index (χ1n) is 6.33.